The first-order chi connectivity index (χ1) is 11.2. The number of piperidine rings is 1. The van der Waals surface area contributed by atoms with Crippen molar-refractivity contribution in [2.24, 2.45) is 10.9 Å². The lowest BCUT2D eigenvalue weighted by Gasteiger charge is -2.33. The maximum absolute atomic E-state index is 4.73. The number of pyridine rings is 1. The highest BCUT2D eigenvalue weighted by molar-refractivity contribution is 5.80. The van der Waals surface area contributed by atoms with Gasteiger partial charge in [0.05, 0.1) is 5.69 Å². The highest BCUT2D eigenvalue weighted by Gasteiger charge is 2.18. The molecule has 1 atom stereocenters. The van der Waals surface area contributed by atoms with Gasteiger partial charge in [-0.1, -0.05) is 13.0 Å². The van der Waals surface area contributed by atoms with Crippen LogP contribution in [0.2, 0.25) is 0 Å². The van der Waals surface area contributed by atoms with Crippen molar-refractivity contribution in [3.63, 3.8) is 0 Å². The van der Waals surface area contributed by atoms with Crippen LogP contribution in [0.1, 0.15) is 31.0 Å². The Morgan fingerprint density at radius 2 is 2.35 bits per heavy atom. The number of guanidine groups is 1. The van der Waals surface area contributed by atoms with Gasteiger partial charge in [-0.15, -0.1) is 0 Å². The molecule has 0 radical (unpaired) electrons. The number of imidazole rings is 1. The van der Waals surface area contributed by atoms with Gasteiger partial charge in [-0.25, -0.2) is 4.98 Å². The van der Waals surface area contributed by atoms with E-state index in [1.807, 2.05) is 7.05 Å². The van der Waals surface area contributed by atoms with Gasteiger partial charge in [-0.3, -0.25) is 4.99 Å². The van der Waals surface area contributed by atoms with E-state index in [1.54, 1.807) is 0 Å². The van der Waals surface area contributed by atoms with Gasteiger partial charge < -0.3 is 14.6 Å². The Bertz CT molecular complexity index is 688. The number of hydrogen-bond donors (Lipinski definition) is 1. The summed E-state index contributed by atoms with van der Waals surface area (Å²) in [5.41, 5.74) is 3.39. The molecule has 1 aliphatic heterocycles. The van der Waals surface area contributed by atoms with Crippen LogP contribution in [-0.2, 0) is 6.42 Å². The Kier molecular flexibility index (Phi) is 4.84. The molecule has 5 heteroatoms. The van der Waals surface area contributed by atoms with Crippen LogP contribution in [-0.4, -0.2) is 46.9 Å². The second kappa shape index (κ2) is 7.02. The zero-order valence-electron chi connectivity index (χ0n) is 14.4. The van der Waals surface area contributed by atoms with E-state index in [0.29, 0.717) is 0 Å². The number of aromatic nitrogens is 2. The highest BCUT2D eigenvalue weighted by Crippen LogP contribution is 2.15. The van der Waals surface area contributed by atoms with E-state index in [2.05, 4.69) is 58.0 Å². The van der Waals surface area contributed by atoms with E-state index in [-0.39, 0.29) is 0 Å². The average molecular weight is 313 g/mol. The zero-order valence-corrected chi connectivity index (χ0v) is 14.4. The van der Waals surface area contributed by atoms with E-state index < -0.39 is 0 Å². The van der Waals surface area contributed by atoms with Gasteiger partial charge in [-0.05, 0) is 37.3 Å². The molecule has 1 N–H and O–H groups in total. The lowest BCUT2D eigenvalue weighted by Crippen LogP contribution is -2.46. The molecule has 0 saturated carbocycles. The molecule has 1 unspecified atom stereocenters. The third kappa shape index (κ3) is 3.66. The van der Waals surface area contributed by atoms with E-state index in [9.17, 15) is 0 Å². The van der Waals surface area contributed by atoms with Crippen LogP contribution < -0.4 is 5.32 Å². The predicted molar refractivity (Wildman–Crippen MR) is 95.0 cm³/mol. The third-order valence-corrected chi connectivity index (χ3v) is 4.56. The molecule has 124 valence electrons. The molecule has 2 aromatic rings. The van der Waals surface area contributed by atoms with E-state index in [4.69, 9.17) is 4.98 Å². The lowest BCUT2D eigenvalue weighted by atomic mass is 10.0. The molecule has 1 aliphatic rings. The van der Waals surface area contributed by atoms with Crippen molar-refractivity contribution >= 4 is 11.6 Å². The fraction of sp³-hybridized carbons (Fsp3) is 0.556. The van der Waals surface area contributed by atoms with Crippen LogP contribution in [0.15, 0.2) is 29.5 Å². The SMILES string of the molecule is CN=C(NCCc1cn2cccc(C)c2n1)N1CCCC(C)C1. The number of nitrogens with one attached hydrogen (secondary N) is 1. The van der Waals surface area contributed by atoms with Gasteiger partial charge in [0.2, 0.25) is 0 Å². The highest BCUT2D eigenvalue weighted by atomic mass is 15.3. The van der Waals surface area contributed by atoms with E-state index in [0.717, 1.165) is 49.3 Å². The summed E-state index contributed by atoms with van der Waals surface area (Å²) >= 11 is 0. The summed E-state index contributed by atoms with van der Waals surface area (Å²) in [4.78, 5) is 11.5. The summed E-state index contributed by atoms with van der Waals surface area (Å²) < 4.78 is 2.10. The summed E-state index contributed by atoms with van der Waals surface area (Å²) in [6.45, 7) is 7.49. The molecule has 1 saturated heterocycles. The molecule has 23 heavy (non-hydrogen) atoms. The molecule has 3 rings (SSSR count). The standard InChI is InChI=1S/C18H27N5/c1-14-6-4-11-23(12-14)18(19-3)20-9-8-16-13-22-10-5-7-15(2)17(22)21-16/h5,7,10,13-14H,4,6,8-9,11-12H2,1-3H3,(H,19,20). The van der Waals surface area contributed by atoms with Gasteiger partial charge in [0.1, 0.15) is 5.65 Å². The van der Waals surface area contributed by atoms with Gasteiger partial charge in [0.15, 0.2) is 5.96 Å². The normalized spacial score (nSPS) is 19.3. The van der Waals surface area contributed by atoms with Crippen LogP contribution in [0.4, 0.5) is 0 Å². The first-order valence-electron chi connectivity index (χ1n) is 8.56. The molecular formula is C18H27N5. The van der Waals surface area contributed by atoms with Crippen molar-refractivity contribution in [1.82, 2.24) is 19.6 Å². The minimum absolute atomic E-state index is 0.753. The van der Waals surface area contributed by atoms with E-state index >= 15 is 0 Å². The van der Waals surface area contributed by atoms with Crippen LogP contribution >= 0.6 is 0 Å². The topological polar surface area (TPSA) is 44.9 Å². The number of fused-ring (bicyclic) bond motifs is 1. The summed E-state index contributed by atoms with van der Waals surface area (Å²) in [5, 5.41) is 3.49. The predicted octanol–water partition coefficient (Wildman–Crippen LogP) is 2.49. The molecule has 0 amide bonds. The van der Waals surface area contributed by atoms with Crippen molar-refractivity contribution < 1.29 is 0 Å². The average Bonchev–Trinajstić information content (AvgIpc) is 2.96. The van der Waals surface area contributed by atoms with Gasteiger partial charge >= 0.3 is 0 Å². The second-order valence-corrected chi connectivity index (χ2v) is 6.57. The number of hydrogen-bond acceptors (Lipinski definition) is 2. The summed E-state index contributed by atoms with van der Waals surface area (Å²) in [6.07, 6.45) is 7.67. The second-order valence-electron chi connectivity index (χ2n) is 6.57. The van der Waals surface area contributed by atoms with E-state index in [1.165, 1.54) is 18.4 Å². The number of aliphatic imine (C=N–C) groups is 1. The van der Waals surface area contributed by atoms with Gasteiger partial charge in [0, 0.05) is 45.5 Å². The maximum Gasteiger partial charge on any atom is 0.193 e. The smallest absolute Gasteiger partial charge is 0.193 e. The molecule has 0 spiro atoms. The van der Waals surface area contributed by atoms with Crippen LogP contribution in [0, 0.1) is 12.8 Å². The monoisotopic (exact) mass is 313 g/mol. The lowest BCUT2D eigenvalue weighted by molar-refractivity contribution is 0.266. The molecule has 0 aromatic carbocycles. The van der Waals surface area contributed by atoms with Crippen molar-refractivity contribution in [2.75, 3.05) is 26.7 Å². The summed E-state index contributed by atoms with van der Waals surface area (Å²) in [7, 11) is 1.87. The largest absolute Gasteiger partial charge is 0.356 e. The Hall–Kier alpha value is -2.04. The van der Waals surface area contributed by atoms with Crippen LogP contribution in [0.5, 0.6) is 0 Å². The number of rotatable bonds is 3. The van der Waals surface area contributed by atoms with Crippen molar-refractivity contribution in [3.8, 4) is 0 Å². The Balaban J connectivity index is 1.58. The molecule has 3 heterocycles. The molecule has 0 aliphatic carbocycles. The third-order valence-electron chi connectivity index (χ3n) is 4.56. The molecule has 1 fully saturated rings. The van der Waals surface area contributed by atoms with Gasteiger partial charge in [0.25, 0.3) is 0 Å². The Morgan fingerprint density at radius 1 is 1.48 bits per heavy atom. The van der Waals surface area contributed by atoms with Gasteiger partial charge in [-0.2, -0.15) is 0 Å². The first-order valence-corrected chi connectivity index (χ1v) is 8.56. The Labute approximate surface area is 138 Å². The van der Waals surface area contributed by atoms with Crippen molar-refractivity contribution in [2.45, 2.75) is 33.1 Å². The molecule has 2 aromatic heterocycles. The molecule has 5 nitrogen and oxygen atoms in total. The summed E-state index contributed by atoms with van der Waals surface area (Å²) in [5.74, 6) is 1.78. The minimum Gasteiger partial charge on any atom is -0.356 e. The quantitative estimate of drug-likeness (QED) is 0.699. The van der Waals surface area contributed by atoms with Crippen LogP contribution in [0.3, 0.4) is 0 Å². The minimum atomic E-state index is 0.753. The number of nitrogens with zero attached hydrogens (tertiary/aromatic N) is 4. The Morgan fingerprint density at radius 3 is 3.09 bits per heavy atom. The molecule has 0 bridgehead atoms. The summed E-state index contributed by atoms with van der Waals surface area (Å²) in [6, 6.07) is 4.16. The van der Waals surface area contributed by atoms with Crippen molar-refractivity contribution in [3.05, 3.63) is 35.8 Å². The van der Waals surface area contributed by atoms with Crippen molar-refractivity contribution in [1.29, 1.82) is 0 Å². The first kappa shape index (κ1) is 15.8. The zero-order chi connectivity index (χ0) is 16.2. The fourth-order valence-electron chi connectivity index (χ4n) is 3.34. The fourth-order valence-corrected chi connectivity index (χ4v) is 3.34. The molecular weight excluding hydrogens is 286 g/mol. The maximum atomic E-state index is 4.73. The number of likely N-dealkylation sites (tertiary alicyclic amines) is 1. The van der Waals surface area contributed by atoms with Crippen LogP contribution in [0.25, 0.3) is 5.65 Å². The number of aryl methyl sites for hydroxylation is 1.